The number of benzene rings is 1. The monoisotopic (exact) mass is 320 g/mol. The molecular formula is C16H16N8. The third kappa shape index (κ3) is 1.99. The number of aromatic nitrogens is 6. The molecule has 4 heterocycles. The Kier molecular flexibility index (Phi) is 2.72. The van der Waals surface area contributed by atoms with Crippen molar-refractivity contribution in [3.05, 3.63) is 36.8 Å². The fraction of sp³-hybridized carbons (Fsp3) is 0.250. The highest BCUT2D eigenvalue weighted by Crippen LogP contribution is 2.25. The minimum absolute atomic E-state index is 0.330. The number of aromatic amines is 1. The summed E-state index contributed by atoms with van der Waals surface area (Å²) < 4.78 is 1.75. The molecule has 0 atom stereocenters. The van der Waals surface area contributed by atoms with Gasteiger partial charge in [0.05, 0.1) is 28.7 Å². The zero-order chi connectivity index (χ0) is 16.1. The Morgan fingerprint density at radius 1 is 1.21 bits per heavy atom. The first-order chi connectivity index (χ1) is 11.8. The number of rotatable bonds is 3. The topological polar surface area (TPSA) is 87.5 Å². The summed E-state index contributed by atoms with van der Waals surface area (Å²) in [5.74, 6) is 1.76. The molecule has 3 aromatic heterocycles. The van der Waals surface area contributed by atoms with Gasteiger partial charge >= 0.3 is 0 Å². The van der Waals surface area contributed by atoms with E-state index in [4.69, 9.17) is 0 Å². The van der Waals surface area contributed by atoms with Crippen molar-refractivity contribution in [2.45, 2.75) is 6.04 Å². The zero-order valence-electron chi connectivity index (χ0n) is 13.1. The van der Waals surface area contributed by atoms with Gasteiger partial charge in [0.1, 0.15) is 12.1 Å². The number of H-pyrrole nitrogens is 1. The third-order valence-corrected chi connectivity index (χ3v) is 4.43. The molecule has 2 N–H and O–H groups in total. The molecule has 0 aliphatic carbocycles. The van der Waals surface area contributed by atoms with Crippen LogP contribution in [0.1, 0.15) is 0 Å². The third-order valence-electron chi connectivity index (χ3n) is 4.43. The maximum atomic E-state index is 4.63. The summed E-state index contributed by atoms with van der Waals surface area (Å²) >= 11 is 0. The van der Waals surface area contributed by atoms with Crippen molar-refractivity contribution in [1.29, 1.82) is 0 Å². The summed E-state index contributed by atoms with van der Waals surface area (Å²) in [5, 5.41) is 8.67. The van der Waals surface area contributed by atoms with E-state index >= 15 is 0 Å². The molecule has 8 nitrogen and oxygen atoms in total. The first-order valence-corrected chi connectivity index (χ1v) is 7.87. The number of hydrogen-bond acceptors (Lipinski definition) is 6. The van der Waals surface area contributed by atoms with Crippen LogP contribution in [-0.2, 0) is 7.05 Å². The summed E-state index contributed by atoms with van der Waals surface area (Å²) in [6, 6.07) is 8.41. The predicted molar refractivity (Wildman–Crippen MR) is 92.0 cm³/mol. The van der Waals surface area contributed by atoms with E-state index in [0.717, 1.165) is 46.9 Å². The number of imidazole rings is 1. The molecule has 0 spiro atoms. The van der Waals surface area contributed by atoms with Crippen LogP contribution < -0.4 is 10.2 Å². The van der Waals surface area contributed by atoms with Gasteiger partial charge in [0.25, 0.3) is 0 Å². The molecule has 1 aliphatic heterocycles. The lowest BCUT2D eigenvalue weighted by Crippen LogP contribution is -2.55. The molecular weight excluding hydrogens is 304 g/mol. The molecule has 0 bridgehead atoms. The van der Waals surface area contributed by atoms with E-state index in [0.29, 0.717) is 6.04 Å². The van der Waals surface area contributed by atoms with E-state index in [1.54, 1.807) is 17.2 Å². The second-order valence-electron chi connectivity index (χ2n) is 6.05. The van der Waals surface area contributed by atoms with Crippen molar-refractivity contribution in [3.63, 3.8) is 0 Å². The highest BCUT2D eigenvalue weighted by atomic mass is 15.3. The highest BCUT2D eigenvalue weighted by molar-refractivity contribution is 5.86. The number of fused-ring (bicyclic) bond motifs is 2. The molecule has 0 saturated carbocycles. The summed E-state index contributed by atoms with van der Waals surface area (Å²) in [6.07, 6.45) is 3.37. The van der Waals surface area contributed by atoms with Crippen molar-refractivity contribution in [2.24, 2.45) is 7.05 Å². The molecule has 1 fully saturated rings. The van der Waals surface area contributed by atoms with E-state index in [-0.39, 0.29) is 0 Å². The largest absolute Gasteiger partial charge is 0.363 e. The second kappa shape index (κ2) is 4.92. The summed E-state index contributed by atoms with van der Waals surface area (Å²) in [7, 11) is 1.88. The first-order valence-electron chi connectivity index (χ1n) is 7.87. The lowest BCUT2D eigenvalue weighted by Gasteiger charge is -2.39. The lowest BCUT2D eigenvalue weighted by atomic mass is 10.1. The van der Waals surface area contributed by atoms with Crippen molar-refractivity contribution in [2.75, 3.05) is 23.3 Å². The predicted octanol–water partition coefficient (Wildman–Crippen LogP) is 1.54. The van der Waals surface area contributed by atoms with E-state index in [1.807, 2.05) is 31.3 Å². The number of hydrogen-bond donors (Lipinski definition) is 2. The Balaban J connectivity index is 1.32. The quantitative estimate of drug-likeness (QED) is 0.595. The lowest BCUT2D eigenvalue weighted by molar-refractivity contribution is 0.540. The van der Waals surface area contributed by atoms with Crippen LogP contribution >= 0.6 is 0 Å². The van der Waals surface area contributed by atoms with Crippen LogP contribution in [0.3, 0.4) is 0 Å². The average molecular weight is 320 g/mol. The molecule has 1 aliphatic rings. The number of nitrogens with one attached hydrogen (secondary N) is 2. The van der Waals surface area contributed by atoms with Gasteiger partial charge in [-0.1, -0.05) is 12.1 Å². The SMILES string of the molecule is Cn1ncc2c(NC3CN(c4nc5ccccc5[nH]4)C3)ncnc21. The van der Waals surface area contributed by atoms with E-state index < -0.39 is 0 Å². The minimum Gasteiger partial charge on any atom is -0.363 e. The average Bonchev–Trinajstić information content (AvgIpc) is 3.14. The number of anilines is 2. The van der Waals surface area contributed by atoms with Gasteiger partial charge < -0.3 is 15.2 Å². The van der Waals surface area contributed by atoms with Gasteiger partial charge in [-0.15, -0.1) is 0 Å². The van der Waals surface area contributed by atoms with Gasteiger partial charge in [0.2, 0.25) is 5.95 Å². The van der Waals surface area contributed by atoms with Crippen molar-refractivity contribution >= 4 is 33.8 Å². The number of para-hydroxylation sites is 2. The van der Waals surface area contributed by atoms with Crippen molar-refractivity contribution in [1.82, 2.24) is 29.7 Å². The van der Waals surface area contributed by atoms with E-state index in [2.05, 4.69) is 35.3 Å². The molecule has 5 rings (SSSR count). The Morgan fingerprint density at radius 2 is 2.08 bits per heavy atom. The summed E-state index contributed by atoms with van der Waals surface area (Å²) in [6.45, 7) is 1.76. The molecule has 4 aromatic rings. The van der Waals surface area contributed by atoms with E-state index in [1.165, 1.54) is 0 Å². The van der Waals surface area contributed by atoms with Crippen LogP contribution in [-0.4, -0.2) is 48.8 Å². The summed E-state index contributed by atoms with van der Waals surface area (Å²) in [4.78, 5) is 18.8. The van der Waals surface area contributed by atoms with Gasteiger partial charge in [0.15, 0.2) is 5.65 Å². The van der Waals surface area contributed by atoms with Crippen LogP contribution in [0.4, 0.5) is 11.8 Å². The normalized spacial score (nSPS) is 15.1. The molecule has 120 valence electrons. The highest BCUT2D eigenvalue weighted by Gasteiger charge is 2.29. The molecule has 0 amide bonds. The van der Waals surface area contributed by atoms with Gasteiger partial charge in [-0.05, 0) is 12.1 Å². The molecule has 0 unspecified atom stereocenters. The first kappa shape index (κ1) is 13.3. The zero-order valence-corrected chi connectivity index (χ0v) is 13.1. The van der Waals surface area contributed by atoms with Crippen molar-refractivity contribution in [3.8, 4) is 0 Å². The maximum Gasteiger partial charge on any atom is 0.203 e. The Labute approximate surface area is 137 Å². The van der Waals surface area contributed by atoms with Crippen molar-refractivity contribution < 1.29 is 0 Å². The molecule has 1 saturated heterocycles. The standard InChI is InChI=1S/C16H16N8/c1-23-15-11(6-19-23)14(17-9-18-15)20-10-7-24(8-10)16-21-12-4-2-3-5-13(12)22-16/h2-6,9-10H,7-8H2,1H3,(H,21,22)(H,17,18,20). The smallest absolute Gasteiger partial charge is 0.203 e. The van der Waals surface area contributed by atoms with Gasteiger partial charge in [-0.2, -0.15) is 5.10 Å². The number of nitrogens with zero attached hydrogens (tertiary/aromatic N) is 6. The molecule has 0 radical (unpaired) electrons. The Morgan fingerprint density at radius 3 is 2.96 bits per heavy atom. The van der Waals surface area contributed by atoms with Crippen LogP contribution in [0.15, 0.2) is 36.8 Å². The molecule has 8 heteroatoms. The van der Waals surface area contributed by atoms with Gasteiger partial charge in [-0.25, -0.2) is 15.0 Å². The van der Waals surface area contributed by atoms with E-state index in [9.17, 15) is 0 Å². The van der Waals surface area contributed by atoms with Crippen LogP contribution in [0, 0.1) is 0 Å². The number of aryl methyl sites for hydroxylation is 1. The van der Waals surface area contributed by atoms with Crippen LogP contribution in [0.2, 0.25) is 0 Å². The van der Waals surface area contributed by atoms with Crippen LogP contribution in [0.25, 0.3) is 22.1 Å². The fourth-order valence-corrected chi connectivity index (χ4v) is 3.10. The van der Waals surface area contributed by atoms with Gasteiger partial charge in [-0.3, -0.25) is 4.68 Å². The Hall–Kier alpha value is -3.16. The summed E-state index contributed by atoms with van der Waals surface area (Å²) in [5.41, 5.74) is 2.90. The molecule has 1 aromatic carbocycles. The molecule has 24 heavy (non-hydrogen) atoms. The second-order valence-corrected chi connectivity index (χ2v) is 6.05. The minimum atomic E-state index is 0.330. The van der Waals surface area contributed by atoms with Gasteiger partial charge in [0, 0.05) is 20.1 Å². The fourth-order valence-electron chi connectivity index (χ4n) is 3.10. The van der Waals surface area contributed by atoms with Crippen LogP contribution in [0.5, 0.6) is 0 Å². The maximum absolute atomic E-state index is 4.63. The Bertz CT molecular complexity index is 994.